The van der Waals surface area contributed by atoms with Crippen LogP contribution in [0.4, 0.5) is 0 Å². The van der Waals surface area contributed by atoms with Crippen LogP contribution in [0, 0.1) is 0 Å². The first-order valence-corrected chi connectivity index (χ1v) is 6.46. The zero-order valence-electron chi connectivity index (χ0n) is 11.1. The Hall–Kier alpha value is -2.61. The number of nitrogens with one attached hydrogen (secondary N) is 1. The molecular weight excluding hydrogens is 294 g/mol. The van der Waals surface area contributed by atoms with E-state index in [1.165, 1.54) is 6.07 Å². The molecule has 0 radical (unpaired) electrons. The summed E-state index contributed by atoms with van der Waals surface area (Å²) in [6.45, 7) is 1.83. The Morgan fingerprint density at radius 3 is 2.86 bits per heavy atom. The Morgan fingerprint density at radius 2 is 2.24 bits per heavy atom. The normalized spacial score (nSPS) is 15.6. The van der Waals surface area contributed by atoms with Crippen molar-refractivity contribution in [2.75, 3.05) is 6.61 Å². The monoisotopic (exact) mass is 307 g/mol. The average Bonchev–Trinajstić information content (AvgIpc) is 2.88. The lowest BCUT2D eigenvalue weighted by molar-refractivity contribution is -0.138. The van der Waals surface area contributed by atoms with Crippen LogP contribution in [0.1, 0.15) is 12.5 Å². The summed E-state index contributed by atoms with van der Waals surface area (Å²) in [5.74, 6) is -0.645. The maximum absolute atomic E-state index is 11.8. The number of hydrazone groups is 1. The second-order valence-electron chi connectivity index (χ2n) is 3.94. The van der Waals surface area contributed by atoms with E-state index in [-0.39, 0.29) is 34.7 Å². The molecule has 0 aromatic heterocycles. The molecule has 1 aromatic carbocycles. The van der Waals surface area contributed by atoms with E-state index in [0.717, 1.165) is 0 Å². The number of ether oxygens (including phenoxy) is 2. The first-order valence-electron chi connectivity index (χ1n) is 6.05. The molecular formula is C13H13N3O4S. The Kier molecular flexibility index (Phi) is 4.39. The molecule has 2 rings (SSSR count). The highest BCUT2D eigenvalue weighted by Crippen LogP contribution is 2.22. The molecule has 0 unspecified atom stereocenters. The molecule has 1 heterocycles. The number of benzene rings is 1. The summed E-state index contributed by atoms with van der Waals surface area (Å²) in [4.78, 5) is 11.6. The number of hydrogen-bond donors (Lipinski definition) is 3. The molecule has 1 aromatic rings. The molecule has 0 amide bonds. The van der Waals surface area contributed by atoms with Crippen LogP contribution in [0.2, 0.25) is 0 Å². The number of aromatic hydroxyl groups is 1. The first-order chi connectivity index (χ1) is 10.0. The van der Waals surface area contributed by atoms with Gasteiger partial charge in [0.2, 0.25) is 11.8 Å². The van der Waals surface area contributed by atoms with Crippen molar-refractivity contribution in [3.8, 4) is 5.75 Å². The topological polar surface area (TPSA) is 106 Å². The number of rotatable bonds is 4. The quantitative estimate of drug-likeness (QED) is 0.428. The molecule has 0 aliphatic carbocycles. The van der Waals surface area contributed by atoms with E-state index in [4.69, 9.17) is 27.4 Å². The molecule has 1 aliphatic heterocycles. The zero-order valence-corrected chi connectivity index (χ0v) is 11.9. The largest absolute Gasteiger partial charge is 0.507 e. The third kappa shape index (κ3) is 3.11. The third-order valence-corrected chi connectivity index (χ3v) is 2.75. The maximum atomic E-state index is 11.8. The predicted molar refractivity (Wildman–Crippen MR) is 79.3 cm³/mol. The number of carbonyl (C=O) groups excluding carboxylic acids is 1. The fraction of sp³-hybridized carbons (Fsp3) is 0.154. The van der Waals surface area contributed by atoms with Gasteiger partial charge in [0.15, 0.2) is 5.57 Å². The van der Waals surface area contributed by atoms with Crippen molar-refractivity contribution < 1.29 is 19.4 Å². The second-order valence-corrected chi connectivity index (χ2v) is 4.38. The van der Waals surface area contributed by atoms with Gasteiger partial charge in [-0.2, -0.15) is 0 Å². The zero-order chi connectivity index (χ0) is 15.4. The number of nitrogens with two attached hydrogens (primary N) is 1. The minimum Gasteiger partial charge on any atom is -0.507 e. The molecule has 0 saturated heterocycles. The van der Waals surface area contributed by atoms with E-state index < -0.39 is 5.97 Å². The molecule has 7 nitrogen and oxygen atoms in total. The predicted octanol–water partition coefficient (Wildman–Crippen LogP) is 0.734. The summed E-state index contributed by atoms with van der Waals surface area (Å²) < 4.78 is 10.3. The van der Waals surface area contributed by atoms with Crippen molar-refractivity contribution in [1.82, 2.24) is 5.43 Å². The Balaban J connectivity index is 2.30. The highest BCUT2D eigenvalue weighted by atomic mass is 32.1. The van der Waals surface area contributed by atoms with Gasteiger partial charge in [-0.25, -0.2) is 10.2 Å². The Labute approximate surface area is 126 Å². The molecule has 0 fully saturated rings. The van der Waals surface area contributed by atoms with Gasteiger partial charge in [-0.3, -0.25) is 0 Å². The van der Waals surface area contributed by atoms with Crippen LogP contribution in [0.25, 0.3) is 0 Å². The van der Waals surface area contributed by atoms with Crippen LogP contribution in [-0.4, -0.2) is 28.6 Å². The number of esters is 1. The lowest BCUT2D eigenvalue weighted by Gasteiger charge is -2.08. The number of hydrogen-bond acceptors (Lipinski definition) is 7. The van der Waals surface area contributed by atoms with Crippen molar-refractivity contribution >= 4 is 29.1 Å². The molecule has 1 aliphatic rings. The molecule has 21 heavy (non-hydrogen) atoms. The molecule has 0 bridgehead atoms. The average molecular weight is 307 g/mol. The lowest BCUT2D eigenvalue weighted by atomic mass is 10.2. The van der Waals surface area contributed by atoms with Crippen LogP contribution >= 0.6 is 12.2 Å². The molecule has 8 heteroatoms. The van der Waals surface area contributed by atoms with Crippen LogP contribution in [0.15, 0.2) is 40.8 Å². The van der Waals surface area contributed by atoms with Crippen molar-refractivity contribution in [1.29, 1.82) is 0 Å². The van der Waals surface area contributed by atoms with Crippen LogP contribution in [0.3, 0.4) is 0 Å². The highest BCUT2D eigenvalue weighted by Gasteiger charge is 2.27. The van der Waals surface area contributed by atoms with E-state index in [1.54, 1.807) is 25.1 Å². The van der Waals surface area contributed by atoms with Crippen molar-refractivity contribution in [3.05, 3.63) is 41.3 Å². The summed E-state index contributed by atoms with van der Waals surface area (Å²) in [5, 5.41) is 13.6. The maximum Gasteiger partial charge on any atom is 0.346 e. The first kappa shape index (κ1) is 14.8. The van der Waals surface area contributed by atoms with Crippen molar-refractivity contribution in [3.63, 3.8) is 0 Å². The van der Waals surface area contributed by atoms with Gasteiger partial charge in [-0.1, -0.05) is 24.4 Å². The smallest absolute Gasteiger partial charge is 0.346 e. The van der Waals surface area contributed by atoms with Gasteiger partial charge < -0.3 is 20.3 Å². The van der Waals surface area contributed by atoms with Gasteiger partial charge in [-0.05, 0) is 19.1 Å². The molecule has 0 spiro atoms. The standard InChI is InChI=1S/C13H13N3O4S/c1-2-19-13(18)9(10(14)21)12-16-15-11(20-12)7-5-3-4-6-8(7)17/h3-6,16-17H,2H2,1H3,(H2,14,21)/b12-9-. The second kappa shape index (κ2) is 6.23. The van der Waals surface area contributed by atoms with E-state index in [1.807, 2.05) is 0 Å². The SMILES string of the molecule is CCOC(=O)/C(C(N)=S)=C1/NN=C(c2ccccc2O)O1. The van der Waals surface area contributed by atoms with Crippen molar-refractivity contribution in [2.24, 2.45) is 10.8 Å². The fourth-order valence-electron chi connectivity index (χ4n) is 1.63. The van der Waals surface area contributed by atoms with E-state index in [9.17, 15) is 9.90 Å². The van der Waals surface area contributed by atoms with E-state index in [2.05, 4.69) is 10.5 Å². The van der Waals surface area contributed by atoms with Gasteiger partial charge in [0.25, 0.3) is 0 Å². The lowest BCUT2D eigenvalue weighted by Crippen LogP contribution is -2.25. The van der Waals surface area contributed by atoms with E-state index in [0.29, 0.717) is 5.56 Å². The van der Waals surface area contributed by atoms with Crippen LogP contribution in [0.5, 0.6) is 5.75 Å². The highest BCUT2D eigenvalue weighted by molar-refractivity contribution is 7.80. The number of nitrogens with zero attached hydrogens (tertiary/aromatic N) is 1. The number of carbonyl (C=O) groups is 1. The molecule has 0 atom stereocenters. The van der Waals surface area contributed by atoms with Gasteiger partial charge in [0.1, 0.15) is 10.7 Å². The van der Waals surface area contributed by atoms with Gasteiger partial charge in [-0.15, -0.1) is 5.10 Å². The number of para-hydroxylation sites is 1. The van der Waals surface area contributed by atoms with Gasteiger partial charge in [0, 0.05) is 0 Å². The number of phenolic OH excluding ortho intramolecular Hbond substituents is 1. The summed E-state index contributed by atoms with van der Waals surface area (Å²) in [5.41, 5.74) is 8.29. The van der Waals surface area contributed by atoms with Crippen LogP contribution < -0.4 is 11.2 Å². The van der Waals surface area contributed by atoms with Crippen molar-refractivity contribution in [2.45, 2.75) is 6.92 Å². The summed E-state index contributed by atoms with van der Waals surface area (Å²) in [6, 6.07) is 6.48. The van der Waals surface area contributed by atoms with Gasteiger partial charge >= 0.3 is 5.97 Å². The Bertz CT molecular complexity index is 655. The van der Waals surface area contributed by atoms with Crippen LogP contribution in [-0.2, 0) is 14.3 Å². The summed E-state index contributed by atoms with van der Waals surface area (Å²) in [6.07, 6.45) is 0. The number of thiocarbonyl (C=S) groups is 1. The Morgan fingerprint density at radius 1 is 1.52 bits per heavy atom. The minimum atomic E-state index is -0.707. The summed E-state index contributed by atoms with van der Waals surface area (Å²) >= 11 is 4.82. The molecule has 4 N–H and O–H groups in total. The minimum absolute atomic E-state index is 0.00712. The summed E-state index contributed by atoms with van der Waals surface area (Å²) in [7, 11) is 0. The molecule has 0 saturated carbocycles. The number of phenols is 1. The van der Waals surface area contributed by atoms with E-state index >= 15 is 0 Å². The molecule has 110 valence electrons. The van der Waals surface area contributed by atoms with Gasteiger partial charge in [0.05, 0.1) is 12.2 Å². The fourth-order valence-corrected chi connectivity index (χ4v) is 1.80. The third-order valence-electron chi connectivity index (χ3n) is 2.55.